The third kappa shape index (κ3) is 2.52. The van der Waals surface area contributed by atoms with Crippen LogP contribution in [0.15, 0.2) is 6.07 Å². The van der Waals surface area contributed by atoms with Crippen LogP contribution in [0.2, 0.25) is 0 Å². The Balaban J connectivity index is 2.74. The van der Waals surface area contributed by atoms with Gasteiger partial charge in [-0.05, 0) is 19.9 Å². The number of nitrogens with two attached hydrogens (primary N) is 1. The number of nitrogens with zero attached hydrogens (tertiary/aromatic N) is 2. The number of thiocarbonyl (C=S) groups is 1. The van der Waals surface area contributed by atoms with Gasteiger partial charge in [0.05, 0.1) is 17.2 Å². The van der Waals surface area contributed by atoms with Crippen molar-refractivity contribution in [1.82, 2.24) is 9.78 Å². The summed E-state index contributed by atoms with van der Waals surface area (Å²) in [7, 11) is 0. The van der Waals surface area contributed by atoms with E-state index in [-0.39, 0.29) is 5.92 Å². The molecule has 0 aliphatic carbocycles. The van der Waals surface area contributed by atoms with E-state index in [9.17, 15) is 0 Å². The smallest absolute Gasteiger partial charge is 0.0774 e. The fraction of sp³-hybridized carbons (Fsp3) is 0.556. The zero-order valence-electron chi connectivity index (χ0n) is 8.24. The third-order valence-electron chi connectivity index (χ3n) is 2.04. The highest BCUT2D eigenvalue weighted by Crippen LogP contribution is 2.06. The number of hydrogen-bond acceptors (Lipinski definition) is 2. The highest BCUT2D eigenvalue weighted by molar-refractivity contribution is 7.80. The van der Waals surface area contributed by atoms with Crippen LogP contribution in [0.3, 0.4) is 0 Å². The molecule has 0 aromatic carbocycles. The molecule has 0 spiro atoms. The summed E-state index contributed by atoms with van der Waals surface area (Å²) in [5.74, 6) is 0.202. The van der Waals surface area contributed by atoms with E-state index in [1.807, 2.05) is 31.5 Å². The van der Waals surface area contributed by atoms with Gasteiger partial charge in [-0.2, -0.15) is 5.10 Å². The minimum atomic E-state index is 0.202. The van der Waals surface area contributed by atoms with E-state index >= 15 is 0 Å². The summed E-state index contributed by atoms with van der Waals surface area (Å²) in [5, 5.41) is 4.33. The average molecular weight is 197 g/mol. The minimum absolute atomic E-state index is 0.202. The van der Waals surface area contributed by atoms with Crippen LogP contribution in [0.4, 0.5) is 0 Å². The molecule has 1 atom stereocenters. The van der Waals surface area contributed by atoms with Crippen LogP contribution >= 0.6 is 12.2 Å². The van der Waals surface area contributed by atoms with Gasteiger partial charge in [0.25, 0.3) is 0 Å². The van der Waals surface area contributed by atoms with Gasteiger partial charge in [0.2, 0.25) is 0 Å². The highest BCUT2D eigenvalue weighted by atomic mass is 32.1. The van der Waals surface area contributed by atoms with Crippen LogP contribution in [0.25, 0.3) is 0 Å². The molecule has 0 aliphatic rings. The Bertz CT molecular complexity index is 317. The molecular formula is C9H15N3S. The van der Waals surface area contributed by atoms with E-state index in [1.165, 1.54) is 0 Å². The van der Waals surface area contributed by atoms with Crippen molar-refractivity contribution in [2.75, 3.05) is 0 Å². The number of aryl methyl sites for hydroxylation is 2. The molecule has 2 N–H and O–H groups in total. The van der Waals surface area contributed by atoms with Crippen LogP contribution in [-0.2, 0) is 6.54 Å². The maximum Gasteiger partial charge on any atom is 0.0774 e. The standard InChI is InChI=1S/C9H15N3S/c1-6(9(10)13)5-12-8(3)4-7(2)11-12/h4,6H,5H2,1-3H3,(H2,10,13)/t6-/m0/s1. The second-order valence-corrected chi connectivity index (χ2v) is 3.88. The summed E-state index contributed by atoms with van der Waals surface area (Å²) in [4.78, 5) is 0.549. The second-order valence-electron chi connectivity index (χ2n) is 3.41. The number of rotatable bonds is 3. The lowest BCUT2D eigenvalue weighted by molar-refractivity contribution is 0.528. The average Bonchev–Trinajstić information content (AvgIpc) is 2.30. The SMILES string of the molecule is Cc1cc(C)n(C[C@H](C)C(N)=S)n1. The van der Waals surface area contributed by atoms with Crippen LogP contribution < -0.4 is 5.73 Å². The van der Waals surface area contributed by atoms with Crippen molar-refractivity contribution in [1.29, 1.82) is 0 Å². The normalized spacial score (nSPS) is 12.8. The van der Waals surface area contributed by atoms with Crippen LogP contribution in [0, 0.1) is 19.8 Å². The lowest BCUT2D eigenvalue weighted by Gasteiger charge is -2.10. The summed E-state index contributed by atoms with van der Waals surface area (Å²) >= 11 is 4.90. The Morgan fingerprint density at radius 3 is 2.69 bits per heavy atom. The molecule has 0 saturated heterocycles. The zero-order valence-corrected chi connectivity index (χ0v) is 9.06. The van der Waals surface area contributed by atoms with E-state index in [1.54, 1.807) is 0 Å². The van der Waals surface area contributed by atoms with E-state index in [2.05, 4.69) is 5.10 Å². The molecule has 1 rings (SSSR count). The van der Waals surface area contributed by atoms with Crippen molar-refractivity contribution in [3.8, 4) is 0 Å². The first-order valence-corrected chi connectivity index (χ1v) is 4.72. The lowest BCUT2D eigenvalue weighted by Crippen LogP contribution is -2.23. The largest absolute Gasteiger partial charge is 0.393 e. The topological polar surface area (TPSA) is 43.8 Å². The summed E-state index contributed by atoms with van der Waals surface area (Å²) in [6, 6.07) is 2.05. The zero-order chi connectivity index (χ0) is 10.0. The van der Waals surface area contributed by atoms with Gasteiger partial charge in [0, 0.05) is 11.6 Å². The Hall–Kier alpha value is -0.900. The lowest BCUT2D eigenvalue weighted by atomic mass is 10.2. The van der Waals surface area contributed by atoms with E-state index in [4.69, 9.17) is 18.0 Å². The molecule has 0 unspecified atom stereocenters. The van der Waals surface area contributed by atoms with Crippen molar-refractivity contribution < 1.29 is 0 Å². The maximum atomic E-state index is 5.53. The van der Waals surface area contributed by atoms with E-state index in [0.717, 1.165) is 17.9 Å². The predicted molar refractivity (Wildman–Crippen MR) is 57.7 cm³/mol. The van der Waals surface area contributed by atoms with Gasteiger partial charge in [0.1, 0.15) is 0 Å². The third-order valence-corrected chi connectivity index (χ3v) is 2.44. The van der Waals surface area contributed by atoms with Gasteiger partial charge in [-0.1, -0.05) is 19.1 Å². The summed E-state index contributed by atoms with van der Waals surface area (Å²) in [5.41, 5.74) is 7.72. The molecule has 3 nitrogen and oxygen atoms in total. The maximum absolute atomic E-state index is 5.53. The van der Waals surface area contributed by atoms with Crippen molar-refractivity contribution in [3.05, 3.63) is 17.5 Å². The van der Waals surface area contributed by atoms with Crippen LogP contribution in [0.1, 0.15) is 18.3 Å². The molecular weight excluding hydrogens is 182 g/mol. The van der Waals surface area contributed by atoms with E-state index < -0.39 is 0 Å². The quantitative estimate of drug-likeness (QED) is 0.745. The van der Waals surface area contributed by atoms with Gasteiger partial charge < -0.3 is 5.73 Å². The molecule has 13 heavy (non-hydrogen) atoms. The Morgan fingerprint density at radius 1 is 1.69 bits per heavy atom. The Kier molecular flexibility index (Phi) is 3.03. The molecule has 1 heterocycles. The molecule has 1 aromatic heterocycles. The molecule has 0 fully saturated rings. The summed E-state index contributed by atoms with van der Waals surface area (Å²) < 4.78 is 1.94. The predicted octanol–water partition coefficient (Wildman–Crippen LogP) is 1.42. The van der Waals surface area contributed by atoms with Gasteiger partial charge in [0.15, 0.2) is 0 Å². The van der Waals surface area contributed by atoms with Crippen LogP contribution in [0.5, 0.6) is 0 Å². The Labute approximate surface area is 83.9 Å². The van der Waals surface area contributed by atoms with E-state index in [0.29, 0.717) is 4.99 Å². The monoisotopic (exact) mass is 197 g/mol. The fourth-order valence-corrected chi connectivity index (χ4v) is 1.28. The molecule has 0 bridgehead atoms. The van der Waals surface area contributed by atoms with Crippen molar-refractivity contribution in [2.45, 2.75) is 27.3 Å². The van der Waals surface area contributed by atoms with Gasteiger partial charge in [-0.15, -0.1) is 0 Å². The summed E-state index contributed by atoms with van der Waals surface area (Å²) in [6.45, 7) is 6.80. The van der Waals surface area contributed by atoms with Crippen molar-refractivity contribution in [2.24, 2.45) is 11.7 Å². The first kappa shape index (κ1) is 10.2. The minimum Gasteiger partial charge on any atom is -0.393 e. The highest BCUT2D eigenvalue weighted by Gasteiger charge is 2.08. The molecule has 1 aromatic rings. The number of aromatic nitrogens is 2. The molecule has 0 amide bonds. The van der Waals surface area contributed by atoms with Crippen molar-refractivity contribution >= 4 is 17.2 Å². The van der Waals surface area contributed by atoms with Gasteiger partial charge >= 0.3 is 0 Å². The second kappa shape index (κ2) is 3.87. The Morgan fingerprint density at radius 2 is 2.31 bits per heavy atom. The molecule has 0 aliphatic heterocycles. The fourth-order valence-electron chi connectivity index (χ4n) is 1.21. The van der Waals surface area contributed by atoms with Crippen LogP contribution in [-0.4, -0.2) is 14.8 Å². The first-order valence-electron chi connectivity index (χ1n) is 4.31. The van der Waals surface area contributed by atoms with Crippen molar-refractivity contribution in [3.63, 3.8) is 0 Å². The molecule has 72 valence electrons. The summed E-state index contributed by atoms with van der Waals surface area (Å²) in [6.07, 6.45) is 0. The molecule has 4 heteroatoms. The molecule has 0 radical (unpaired) electrons. The van der Waals surface area contributed by atoms with Gasteiger partial charge in [-0.25, -0.2) is 0 Å². The molecule has 0 saturated carbocycles. The number of hydrogen-bond donors (Lipinski definition) is 1. The first-order chi connectivity index (χ1) is 6.00. The van der Waals surface area contributed by atoms with Gasteiger partial charge in [-0.3, -0.25) is 4.68 Å².